The molecule has 2 aliphatic heterocycles. The first kappa shape index (κ1) is 31.2. The number of aromatic nitrogens is 2. The van der Waals surface area contributed by atoms with Gasteiger partial charge in [-0.05, 0) is 68.2 Å². The van der Waals surface area contributed by atoms with Crippen LogP contribution in [0.4, 0.5) is 0 Å². The van der Waals surface area contributed by atoms with E-state index in [2.05, 4.69) is 97.3 Å². The number of pyridine rings is 2. The van der Waals surface area contributed by atoms with Crippen LogP contribution in [0.1, 0.15) is 133 Å². The third-order valence-electron chi connectivity index (χ3n) is 13.3. The normalized spacial score (nSPS) is 25.4. The average Bonchev–Trinajstić information content (AvgIpc) is 3.10. The SMILES string of the molecule is C=C1C2C(CC[N+](C3CCCCC3)=C(C)/C=C(/C)N1C1CCCCC1)c1c3c(cc4cccnc14)C(C)(C)c1cc(C)cc4cc[n+]2c-3c14. The Hall–Kier alpha value is -3.79. The fourth-order valence-corrected chi connectivity index (χ4v) is 11.1. The van der Waals surface area contributed by atoms with Crippen LogP contribution in [0.2, 0.25) is 0 Å². The van der Waals surface area contributed by atoms with E-state index in [-0.39, 0.29) is 17.4 Å². The molecule has 2 atom stereocenters. The van der Waals surface area contributed by atoms with E-state index in [0.29, 0.717) is 12.1 Å². The summed E-state index contributed by atoms with van der Waals surface area (Å²) < 4.78 is 5.51. The van der Waals surface area contributed by atoms with Crippen molar-refractivity contribution in [2.45, 2.75) is 135 Å². The zero-order valence-corrected chi connectivity index (χ0v) is 30.5. The molecule has 0 radical (unpaired) electrons. The van der Waals surface area contributed by atoms with Crippen LogP contribution in [0, 0.1) is 6.92 Å². The van der Waals surface area contributed by atoms with Gasteiger partial charge in [0, 0.05) is 72.6 Å². The van der Waals surface area contributed by atoms with E-state index < -0.39 is 0 Å². The van der Waals surface area contributed by atoms with Crippen molar-refractivity contribution in [1.82, 2.24) is 9.88 Å². The van der Waals surface area contributed by atoms with Crippen LogP contribution in [0.15, 0.2) is 72.8 Å². The number of hydrogen-bond donors (Lipinski definition) is 0. The summed E-state index contributed by atoms with van der Waals surface area (Å²) >= 11 is 0. The first-order valence-electron chi connectivity index (χ1n) is 19.4. The Labute approximate surface area is 293 Å². The lowest BCUT2D eigenvalue weighted by Gasteiger charge is -2.44. The summed E-state index contributed by atoms with van der Waals surface area (Å²) in [7, 11) is 0. The molecule has 2 aromatic heterocycles. The molecule has 5 aliphatic rings. The molecule has 49 heavy (non-hydrogen) atoms. The zero-order chi connectivity index (χ0) is 33.6. The number of benzene rings is 2. The molecule has 2 fully saturated rings. The highest BCUT2D eigenvalue weighted by molar-refractivity contribution is 6.05. The molecule has 2 unspecified atom stereocenters. The highest BCUT2D eigenvalue weighted by atomic mass is 15.2. The van der Waals surface area contributed by atoms with E-state index >= 15 is 0 Å². The third-order valence-corrected chi connectivity index (χ3v) is 13.3. The van der Waals surface area contributed by atoms with Crippen molar-refractivity contribution in [3.63, 3.8) is 0 Å². The highest BCUT2D eigenvalue weighted by Crippen LogP contribution is 2.56. The van der Waals surface area contributed by atoms with Gasteiger partial charge in [0.25, 0.3) is 0 Å². The highest BCUT2D eigenvalue weighted by Gasteiger charge is 2.51. The predicted octanol–water partition coefficient (Wildman–Crippen LogP) is 10.2. The smallest absolute Gasteiger partial charge is 0.222 e. The fourth-order valence-electron chi connectivity index (χ4n) is 11.1. The molecular weight excluding hydrogens is 597 g/mol. The monoisotopic (exact) mass is 650 g/mol. The molecule has 2 aromatic carbocycles. The molecule has 0 saturated heterocycles. The Kier molecular flexibility index (Phi) is 7.41. The van der Waals surface area contributed by atoms with Crippen LogP contribution in [0.25, 0.3) is 32.9 Å². The van der Waals surface area contributed by atoms with Crippen molar-refractivity contribution in [2.75, 3.05) is 6.54 Å². The molecule has 4 heteroatoms. The summed E-state index contributed by atoms with van der Waals surface area (Å²) in [5.74, 6) is 0.258. The van der Waals surface area contributed by atoms with Crippen molar-refractivity contribution < 1.29 is 9.14 Å². The fraction of sp³-hybridized carbons (Fsp3) is 0.489. The predicted molar refractivity (Wildman–Crippen MR) is 202 cm³/mol. The Bertz CT molecular complexity index is 2080. The van der Waals surface area contributed by atoms with Crippen molar-refractivity contribution in [1.29, 1.82) is 0 Å². The van der Waals surface area contributed by atoms with Gasteiger partial charge in [-0.3, -0.25) is 4.98 Å². The largest absolute Gasteiger partial charge is 0.340 e. The lowest BCUT2D eigenvalue weighted by molar-refractivity contribution is -0.710. The third kappa shape index (κ3) is 4.72. The van der Waals surface area contributed by atoms with E-state index in [1.165, 1.54) is 137 Å². The second-order valence-corrected chi connectivity index (χ2v) is 16.7. The van der Waals surface area contributed by atoms with Crippen LogP contribution >= 0.6 is 0 Å². The summed E-state index contributed by atoms with van der Waals surface area (Å²) in [6, 6.07) is 15.4. The molecule has 2 saturated carbocycles. The molecule has 0 spiro atoms. The van der Waals surface area contributed by atoms with Crippen LogP contribution in [-0.4, -0.2) is 38.8 Å². The van der Waals surface area contributed by atoms with Crippen molar-refractivity contribution in [3.05, 3.63) is 95.1 Å². The number of aryl methyl sites for hydroxylation is 1. The Balaban J connectivity index is 1.36. The molecule has 0 N–H and O–H groups in total. The molecule has 0 amide bonds. The minimum Gasteiger partial charge on any atom is -0.340 e. The van der Waals surface area contributed by atoms with E-state index in [4.69, 9.17) is 11.6 Å². The van der Waals surface area contributed by atoms with E-state index in [9.17, 15) is 0 Å². The van der Waals surface area contributed by atoms with Gasteiger partial charge in [0.1, 0.15) is 6.54 Å². The molecule has 4 nitrogen and oxygen atoms in total. The van der Waals surface area contributed by atoms with Crippen molar-refractivity contribution in [3.8, 4) is 11.3 Å². The first-order chi connectivity index (χ1) is 23.7. The molecule has 4 aromatic rings. The van der Waals surface area contributed by atoms with Gasteiger partial charge in [-0.15, -0.1) is 0 Å². The number of fused-ring (bicyclic) bond motifs is 5. The Morgan fingerprint density at radius 3 is 2.39 bits per heavy atom. The van der Waals surface area contributed by atoms with Crippen LogP contribution < -0.4 is 4.57 Å². The second kappa shape index (κ2) is 11.6. The molecule has 9 rings (SSSR count). The molecule has 252 valence electrons. The quantitative estimate of drug-likeness (QED) is 0.202. The Morgan fingerprint density at radius 1 is 0.857 bits per heavy atom. The van der Waals surface area contributed by atoms with Gasteiger partial charge in [-0.25, -0.2) is 4.58 Å². The van der Waals surface area contributed by atoms with Gasteiger partial charge >= 0.3 is 0 Å². The molecule has 3 aliphatic carbocycles. The maximum absolute atomic E-state index is 5.25. The summed E-state index contributed by atoms with van der Waals surface area (Å²) in [4.78, 5) is 7.97. The number of rotatable bonds is 2. The minimum absolute atomic E-state index is 0.111. The van der Waals surface area contributed by atoms with Gasteiger partial charge in [0.15, 0.2) is 18.0 Å². The van der Waals surface area contributed by atoms with Crippen LogP contribution in [0.5, 0.6) is 0 Å². The second-order valence-electron chi connectivity index (χ2n) is 16.7. The van der Waals surface area contributed by atoms with E-state index in [1.807, 2.05) is 6.20 Å². The zero-order valence-electron chi connectivity index (χ0n) is 30.5. The van der Waals surface area contributed by atoms with Gasteiger partial charge < -0.3 is 4.90 Å². The summed E-state index contributed by atoms with van der Waals surface area (Å²) in [5.41, 5.74) is 13.7. The van der Waals surface area contributed by atoms with Gasteiger partial charge in [-0.2, -0.15) is 4.57 Å². The van der Waals surface area contributed by atoms with Crippen LogP contribution in [-0.2, 0) is 5.41 Å². The number of nitrogens with zero attached hydrogens (tertiary/aromatic N) is 4. The average molecular weight is 651 g/mol. The summed E-state index contributed by atoms with van der Waals surface area (Å²) in [6.45, 7) is 18.2. The molecular formula is C45H54N4+2. The maximum atomic E-state index is 5.25. The van der Waals surface area contributed by atoms with E-state index in [0.717, 1.165) is 13.0 Å². The first-order valence-corrected chi connectivity index (χ1v) is 19.4. The summed E-state index contributed by atoms with van der Waals surface area (Å²) in [5, 5.41) is 4.05. The van der Waals surface area contributed by atoms with E-state index in [1.54, 1.807) is 0 Å². The number of hydrogen-bond acceptors (Lipinski definition) is 2. The lowest BCUT2D eigenvalue weighted by Crippen LogP contribution is -2.54. The topological polar surface area (TPSA) is 23.0 Å². The molecule has 0 bridgehead atoms. The molecule has 4 heterocycles. The van der Waals surface area contributed by atoms with Gasteiger partial charge in [0.05, 0.1) is 28.1 Å². The van der Waals surface area contributed by atoms with Crippen molar-refractivity contribution >= 4 is 27.4 Å². The lowest BCUT2D eigenvalue weighted by atomic mass is 9.64. The number of allylic oxidation sites excluding steroid dienone is 3. The van der Waals surface area contributed by atoms with Crippen molar-refractivity contribution in [2.24, 2.45) is 0 Å². The summed E-state index contributed by atoms with van der Waals surface area (Å²) in [6.07, 6.45) is 21.2. The van der Waals surface area contributed by atoms with Gasteiger partial charge in [0.2, 0.25) is 11.7 Å². The minimum atomic E-state index is -0.129. The van der Waals surface area contributed by atoms with Gasteiger partial charge in [-0.1, -0.05) is 69.9 Å². The Morgan fingerprint density at radius 2 is 1.61 bits per heavy atom. The standard InChI is InChI=1S/C45H54N4/c1-28-24-32-19-22-48-43-31(4)49(35-17-11-8-12-18-35)30(3)26-29(2)47(34-15-9-7-10-16-34)23-20-36(43)40-41-38(27-33-14-13-21-46-42(33)40)45(5,6)37(25-28)39(32)44(41)48/h13-14,19,21-22,24-27,34-36,43H,4,7-12,15-18,20,23H2,1-3,5-6H3/q+2. The van der Waals surface area contributed by atoms with Crippen LogP contribution in [0.3, 0.4) is 0 Å². The maximum Gasteiger partial charge on any atom is 0.222 e.